The predicted octanol–water partition coefficient (Wildman–Crippen LogP) is 2.50. The average Bonchev–Trinajstić information content (AvgIpc) is 2.62. The highest BCUT2D eigenvalue weighted by Crippen LogP contribution is 2.24. The second-order valence-electron chi connectivity index (χ2n) is 3.78. The van der Waals surface area contributed by atoms with Crippen LogP contribution in [0, 0.1) is 11.8 Å². The molecule has 3 nitrogen and oxygen atoms in total. The maximum absolute atomic E-state index is 13.1. The van der Waals surface area contributed by atoms with Crippen molar-refractivity contribution in [3.63, 3.8) is 0 Å². The van der Waals surface area contributed by atoms with E-state index in [1.807, 2.05) is 0 Å². The highest BCUT2D eigenvalue weighted by Gasteiger charge is 2.18. The van der Waals surface area contributed by atoms with Gasteiger partial charge in [0, 0.05) is 5.56 Å². The van der Waals surface area contributed by atoms with Crippen molar-refractivity contribution in [3.05, 3.63) is 35.6 Å². The molecular formula is C12H11F2NO2. The van der Waals surface area contributed by atoms with E-state index in [1.54, 1.807) is 14.0 Å². The lowest BCUT2D eigenvalue weighted by Crippen LogP contribution is -2.30. The molecule has 0 bridgehead atoms. The summed E-state index contributed by atoms with van der Waals surface area (Å²) in [5, 5.41) is 2.84. The summed E-state index contributed by atoms with van der Waals surface area (Å²) in [7, 11) is 1.66. The second-order valence-corrected chi connectivity index (χ2v) is 3.78. The first-order valence-electron chi connectivity index (χ1n) is 5.13. The Morgan fingerprint density at radius 1 is 1.41 bits per heavy atom. The van der Waals surface area contributed by atoms with Crippen molar-refractivity contribution >= 4 is 16.8 Å². The van der Waals surface area contributed by atoms with Crippen molar-refractivity contribution < 1.29 is 18.0 Å². The second kappa shape index (κ2) is 4.25. The number of Topliss-reactive ketones (excluding diaryl/α,β-unsaturated/α-hetero) is 1. The van der Waals surface area contributed by atoms with Gasteiger partial charge in [-0.25, -0.2) is 0 Å². The quantitative estimate of drug-likeness (QED) is 0.837. The molecule has 1 aromatic heterocycles. The Bertz CT molecular complexity index is 577. The van der Waals surface area contributed by atoms with Crippen LogP contribution in [0.4, 0.5) is 8.78 Å². The van der Waals surface area contributed by atoms with Gasteiger partial charge < -0.3 is 9.73 Å². The molecule has 90 valence electrons. The Morgan fingerprint density at radius 2 is 2.12 bits per heavy atom. The molecule has 0 radical (unpaired) electrons. The van der Waals surface area contributed by atoms with E-state index in [9.17, 15) is 13.6 Å². The van der Waals surface area contributed by atoms with Crippen molar-refractivity contribution in [2.75, 3.05) is 7.05 Å². The van der Waals surface area contributed by atoms with Crippen LogP contribution >= 0.6 is 0 Å². The molecule has 0 unspecified atom stereocenters. The zero-order chi connectivity index (χ0) is 12.6. The van der Waals surface area contributed by atoms with Gasteiger partial charge in [0.05, 0.1) is 11.4 Å². The normalized spacial score (nSPS) is 12.9. The van der Waals surface area contributed by atoms with Gasteiger partial charge in [-0.2, -0.15) is 8.78 Å². The lowest BCUT2D eigenvalue weighted by Gasteiger charge is -2.08. The van der Waals surface area contributed by atoms with E-state index < -0.39 is 11.8 Å². The summed E-state index contributed by atoms with van der Waals surface area (Å²) in [6.07, 6.45) is 0. The maximum Gasteiger partial charge on any atom is 0.315 e. The van der Waals surface area contributed by atoms with Crippen LogP contribution in [0.3, 0.4) is 0 Å². The number of furan rings is 1. The van der Waals surface area contributed by atoms with Gasteiger partial charge in [0.1, 0.15) is 5.58 Å². The summed E-state index contributed by atoms with van der Waals surface area (Å²) in [6.45, 7) is 1.70. The van der Waals surface area contributed by atoms with Gasteiger partial charge >= 0.3 is 6.01 Å². The number of rotatable bonds is 3. The van der Waals surface area contributed by atoms with E-state index in [0.29, 0.717) is 5.56 Å². The van der Waals surface area contributed by atoms with Crippen LogP contribution in [0.15, 0.2) is 22.6 Å². The van der Waals surface area contributed by atoms with E-state index in [2.05, 4.69) is 9.73 Å². The number of carbonyl (C=O) groups excluding carboxylic acids is 1. The third-order valence-corrected chi connectivity index (χ3v) is 2.70. The fraction of sp³-hybridized carbons (Fsp3) is 0.250. The summed E-state index contributed by atoms with van der Waals surface area (Å²) < 4.78 is 30.6. The van der Waals surface area contributed by atoms with E-state index in [-0.39, 0.29) is 22.8 Å². The molecule has 5 heteroatoms. The Morgan fingerprint density at radius 3 is 2.76 bits per heavy atom. The number of hydrogen-bond donors (Lipinski definition) is 1. The molecule has 0 fully saturated rings. The molecule has 1 N–H and O–H groups in total. The molecule has 0 amide bonds. The zero-order valence-electron chi connectivity index (χ0n) is 9.38. The van der Waals surface area contributed by atoms with E-state index in [1.165, 1.54) is 18.2 Å². The van der Waals surface area contributed by atoms with Gasteiger partial charge in [-0.05, 0) is 26.1 Å². The smallest absolute Gasteiger partial charge is 0.315 e. The molecule has 0 aliphatic rings. The SMILES string of the molecule is CN[C@@H](C)C(=O)c1ccc2c(F)c(F)oc2c1. The van der Waals surface area contributed by atoms with Gasteiger partial charge in [0.15, 0.2) is 5.78 Å². The lowest BCUT2D eigenvalue weighted by molar-refractivity contribution is 0.0955. The van der Waals surface area contributed by atoms with Gasteiger partial charge in [-0.3, -0.25) is 4.79 Å². The first-order valence-corrected chi connectivity index (χ1v) is 5.13. The molecular weight excluding hydrogens is 228 g/mol. The van der Waals surface area contributed by atoms with Crippen molar-refractivity contribution in [1.29, 1.82) is 0 Å². The molecule has 0 saturated carbocycles. The fourth-order valence-corrected chi connectivity index (χ4v) is 1.57. The number of likely N-dealkylation sites (N-methyl/N-ethyl adjacent to an activating group) is 1. The van der Waals surface area contributed by atoms with Gasteiger partial charge in [-0.15, -0.1) is 0 Å². The van der Waals surface area contributed by atoms with E-state index in [0.717, 1.165) is 0 Å². The predicted molar refractivity (Wildman–Crippen MR) is 59.0 cm³/mol. The maximum atomic E-state index is 13.1. The third-order valence-electron chi connectivity index (χ3n) is 2.70. The molecule has 1 heterocycles. The molecule has 17 heavy (non-hydrogen) atoms. The minimum absolute atomic E-state index is 0.0363. The summed E-state index contributed by atoms with van der Waals surface area (Å²) in [6, 6.07) is 2.52. The molecule has 2 aromatic rings. The first kappa shape index (κ1) is 11.7. The van der Waals surface area contributed by atoms with Crippen LogP contribution in [0.5, 0.6) is 0 Å². The highest BCUT2D eigenvalue weighted by atomic mass is 19.2. The molecule has 0 aliphatic carbocycles. The summed E-state index contributed by atoms with van der Waals surface area (Å²) in [5.74, 6) is -1.19. The monoisotopic (exact) mass is 239 g/mol. The number of nitrogens with one attached hydrogen (secondary N) is 1. The number of benzene rings is 1. The summed E-state index contributed by atoms with van der Waals surface area (Å²) in [4.78, 5) is 11.8. The molecule has 0 aliphatic heterocycles. The van der Waals surface area contributed by atoms with E-state index in [4.69, 9.17) is 0 Å². The lowest BCUT2D eigenvalue weighted by atomic mass is 10.0. The Labute approximate surface area is 96.4 Å². The van der Waals surface area contributed by atoms with Crippen LogP contribution in [0.2, 0.25) is 0 Å². The molecule has 0 saturated heterocycles. The fourth-order valence-electron chi connectivity index (χ4n) is 1.57. The molecule has 1 aromatic carbocycles. The van der Waals surface area contributed by atoms with Crippen LogP contribution in [0.1, 0.15) is 17.3 Å². The van der Waals surface area contributed by atoms with Crippen LogP contribution in [0.25, 0.3) is 11.0 Å². The minimum Gasteiger partial charge on any atom is -0.429 e. The van der Waals surface area contributed by atoms with Crippen LogP contribution in [-0.4, -0.2) is 18.9 Å². The first-order chi connectivity index (χ1) is 8.04. The Balaban J connectivity index is 2.48. The molecule has 1 atom stereocenters. The minimum atomic E-state index is -1.26. The number of carbonyl (C=O) groups is 1. The number of halogens is 2. The van der Waals surface area contributed by atoms with Crippen molar-refractivity contribution in [2.24, 2.45) is 0 Å². The number of hydrogen-bond acceptors (Lipinski definition) is 3. The van der Waals surface area contributed by atoms with Gasteiger partial charge in [-0.1, -0.05) is 6.07 Å². The van der Waals surface area contributed by atoms with E-state index >= 15 is 0 Å². The summed E-state index contributed by atoms with van der Waals surface area (Å²) >= 11 is 0. The Kier molecular flexibility index (Phi) is 2.93. The zero-order valence-corrected chi connectivity index (χ0v) is 9.38. The topological polar surface area (TPSA) is 42.2 Å². The standard InChI is InChI=1S/C12H11F2NO2/c1-6(15-2)11(16)7-3-4-8-9(5-7)17-12(14)10(8)13/h3-6,15H,1-2H3/t6-/m0/s1. The highest BCUT2D eigenvalue weighted by molar-refractivity contribution is 6.02. The third kappa shape index (κ3) is 1.93. The molecule has 2 rings (SSSR count). The molecule has 0 spiro atoms. The largest absolute Gasteiger partial charge is 0.429 e. The summed E-state index contributed by atoms with van der Waals surface area (Å²) in [5.41, 5.74) is 0.391. The van der Waals surface area contributed by atoms with Crippen molar-refractivity contribution in [3.8, 4) is 0 Å². The average molecular weight is 239 g/mol. The van der Waals surface area contributed by atoms with Crippen LogP contribution in [-0.2, 0) is 0 Å². The van der Waals surface area contributed by atoms with Gasteiger partial charge in [0.2, 0.25) is 5.82 Å². The van der Waals surface area contributed by atoms with Crippen molar-refractivity contribution in [2.45, 2.75) is 13.0 Å². The van der Waals surface area contributed by atoms with Gasteiger partial charge in [0.25, 0.3) is 0 Å². The van der Waals surface area contributed by atoms with Crippen molar-refractivity contribution in [1.82, 2.24) is 5.32 Å². The number of ketones is 1. The van der Waals surface area contributed by atoms with Crippen LogP contribution < -0.4 is 5.32 Å². The Hall–Kier alpha value is -1.75. The number of fused-ring (bicyclic) bond motifs is 1.